The predicted molar refractivity (Wildman–Crippen MR) is 132 cm³/mol. The Labute approximate surface area is 183 Å². The Hall–Kier alpha value is -4.10. The first-order valence-corrected chi connectivity index (χ1v) is 10.6. The summed E-state index contributed by atoms with van der Waals surface area (Å²) in [6.07, 6.45) is 0. The third kappa shape index (κ3) is 3.99. The van der Waals surface area contributed by atoms with Crippen molar-refractivity contribution in [1.29, 1.82) is 0 Å². The van der Waals surface area contributed by atoms with Gasteiger partial charge in [-0.15, -0.1) is 0 Å². The second-order valence-electron chi connectivity index (χ2n) is 7.50. The summed E-state index contributed by atoms with van der Waals surface area (Å²) in [6.45, 7) is 0. The van der Waals surface area contributed by atoms with Gasteiger partial charge in [-0.25, -0.2) is 0 Å². The standard InChI is InChI=1S/C30H23N/c1-4-13-23(14-5-1)26-19-10-11-22-29(26)31-30-27(24-15-6-2-7-16-24)20-12-21-28(30)25-17-8-3-9-18-25/h1-22,31H. The normalized spacial score (nSPS) is 10.6. The molecule has 0 aliphatic heterocycles. The molecule has 0 aromatic heterocycles. The fraction of sp³-hybridized carbons (Fsp3) is 0. The van der Waals surface area contributed by atoms with E-state index in [-0.39, 0.29) is 0 Å². The van der Waals surface area contributed by atoms with Crippen LogP contribution in [0.15, 0.2) is 133 Å². The smallest absolute Gasteiger partial charge is 0.0543 e. The van der Waals surface area contributed by atoms with E-state index in [1.54, 1.807) is 0 Å². The van der Waals surface area contributed by atoms with Crippen molar-refractivity contribution >= 4 is 11.4 Å². The van der Waals surface area contributed by atoms with E-state index in [1.165, 1.54) is 33.4 Å². The highest BCUT2D eigenvalue weighted by atomic mass is 14.9. The molecule has 0 bridgehead atoms. The highest BCUT2D eigenvalue weighted by molar-refractivity contribution is 5.95. The van der Waals surface area contributed by atoms with E-state index in [4.69, 9.17) is 0 Å². The van der Waals surface area contributed by atoms with Crippen molar-refractivity contribution in [2.45, 2.75) is 0 Å². The summed E-state index contributed by atoms with van der Waals surface area (Å²) < 4.78 is 0. The first-order valence-electron chi connectivity index (χ1n) is 10.6. The molecule has 5 aromatic carbocycles. The van der Waals surface area contributed by atoms with Crippen molar-refractivity contribution in [3.05, 3.63) is 133 Å². The molecule has 5 rings (SSSR count). The SMILES string of the molecule is c1ccc(-c2ccccc2Nc2c(-c3ccccc3)cccc2-c2ccccc2)cc1. The number of hydrogen-bond donors (Lipinski definition) is 1. The average Bonchev–Trinajstić information content (AvgIpc) is 2.86. The Kier molecular flexibility index (Phi) is 5.32. The van der Waals surface area contributed by atoms with Crippen molar-refractivity contribution in [3.8, 4) is 33.4 Å². The third-order valence-corrected chi connectivity index (χ3v) is 5.51. The molecular formula is C30H23N. The van der Waals surface area contributed by atoms with Gasteiger partial charge in [0.15, 0.2) is 0 Å². The average molecular weight is 398 g/mol. The van der Waals surface area contributed by atoms with Gasteiger partial charge in [-0.3, -0.25) is 0 Å². The van der Waals surface area contributed by atoms with Gasteiger partial charge in [0.1, 0.15) is 0 Å². The van der Waals surface area contributed by atoms with Gasteiger partial charge in [0.25, 0.3) is 0 Å². The zero-order chi connectivity index (χ0) is 20.9. The van der Waals surface area contributed by atoms with Crippen LogP contribution in [0.4, 0.5) is 11.4 Å². The van der Waals surface area contributed by atoms with Crippen LogP contribution in [-0.4, -0.2) is 0 Å². The van der Waals surface area contributed by atoms with E-state index in [1.807, 2.05) is 0 Å². The van der Waals surface area contributed by atoms with Crippen LogP contribution in [-0.2, 0) is 0 Å². The molecule has 31 heavy (non-hydrogen) atoms. The van der Waals surface area contributed by atoms with E-state index < -0.39 is 0 Å². The lowest BCUT2D eigenvalue weighted by Gasteiger charge is -2.19. The van der Waals surface area contributed by atoms with Crippen LogP contribution in [0.3, 0.4) is 0 Å². The molecule has 0 heterocycles. The van der Waals surface area contributed by atoms with E-state index >= 15 is 0 Å². The molecule has 0 aliphatic carbocycles. The Balaban J connectivity index is 1.69. The van der Waals surface area contributed by atoms with Crippen LogP contribution in [0.1, 0.15) is 0 Å². The fourth-order valence-corrected chi connectivity index (χ4v) is 4.00. The van der Waals surface area contributed by atoms with Gasteiger partial charge in [0, 0.05) is 22.4 Å². The molecule has 1 nitrogen and oxygen atoms in total. The maximum atomic E-state index is 3.81. The van der Waals surface area contributed by atoms with E-state index in [0.717, 1.165) is 11.4 Å². The van der Waals surface area contributed by atoms with Gasteiger partial charge in [-0.2, -0.15) is 0 Å². The molecule has 0 saturated heterocycles. The first kappa shape index (κ1) is 18.9. The molecule has 0 fully saturated rings. The quantitative estimate of drug-likeness (QED) is 0.314. The van der Waals surface area contributed by atoms with Gasteiger partial charge in [0.05, 0.1) is 5.69 Å². The molecule has 1 heteroatoms. The minimum atomic E-state index is 1.09. The minimum absolute atomic E-state index is 1.09. The first-order chi connectivity index (χ1) is 15.4. The number of hydrogen-bond acceptors (Lipinski definition) is 1. The molecule has 5 aromatic rings. The van der Waals surface area contributed by atoms with Gasteiger partial charge >= 0.3 is 0 Å². The van der Waals surface area contributed by atoms with Crippen molar-refractivity contribution in [2.24, 2.45) is 0 Å². The number of nitrogens with one attached hydrogen (secondary N) is 1. The Morgan fingerprint density at radius 3 is 1.23 bits per heavy atom. The summed E-state index contributed by atoms with van der Waals surface area (Å²) in [4.78, 5) is 0. The van der Waals surface area contributed by atoms with Gasteiger partial charge in [0.2, 0.25) is 0 Å². The van der Waals surface area contributed by atoms with Crippen LogP contribution in [0, 0.1) is 0 Å². The number of anilines is 2. The number of rotatable bonds is 5. The summed E-state index contributed by atoms with van der Waals surface area (Å²) in [5.74, 6) is 0. The maximum Gasteiger partial charge on any atom is 0.0543 e. The molecule has 0 amide bonds. The highest BCUT2D eigenvalue weighted by Gasteiger charge is 2.14. The molecular weight excluding hydrogens is 374 g/mol. The molecule has 0 spiro atoms. The molecule has 0 radical (unpaired) electrons. The molecule has 0 saturated carbocycles. The van der Waals surface area contributed by atoms with Crippen LogP contribution in [0.2, 0.25) is 0 Å². The second-order valence-corrected chi connectivity index (χ2v) is 7.50. The highest BCUT2D eigenvalue weighted by Crippen LogP contribution is 2.40. The lowest BCUT2D eigenvalue weighted by Crippen LogP contribution is -1.98. The summed E-state index contributed by atoms with van der Waals surface area (Å²) in [5, 5.41) is 3.81. The van der Waals surface area contributed by atoms with Crippen LogP contribution in [0.25, 0.3) is 33.4 Å². The Bertz CT molecular complexity index is 1220. The zero-order valence-electron chi connectivity index (χ0n) is 17.2. The molecule has 1 N–H and O–H groups in total. The zero-order valence-corrected chi connectivity index (χ0v) is 17.2. The van der Waals surface area contributed by atoms with Gasteiger partial charge < -0.3 is 5.32 Å². The van der Waals surface area contributed by atoms with E-state index in [2.05, 4.69) is 139 Å². The molecule has 0 unspecified atom stereocenters. The monoisotopic (exact) mass is 397 g/mol. The van der Waals surface area contributed by atoms with Crippen LogP contribution >= 0.6 is 0 Å². The van der Waals surface area contributed by atoms with Crippen molar-refractivity contribution < 1.29 is 0 Å². The minimum Gasteiger partial charge on any atom is -0.354 e. The van der Waals surface area contributed by atoms with Crippen LogP contribution in [0.5, 0.6) is 0 Å². The van der Waals surface area contributed by atoms with Crippen molar-refractivity contribution in [2.75, 3.05) is 5.32 Å². The topological polar surface area (TPSA) is 12.0 Å². The van der Waals surface area contributed by atoms with Gasteiger partial charge in [-0.05, 0) is 22.8 Å². The summed E-state index contributed by atoms with van der Waals surface area (Å²) in [6, 6.07) is 46.7. The Morgan fingerprint density at radius 1 is 0.323 bits per heavy atom. The largest absolute Gasteiger partial charge is 0.354 e. The summed E-state index contributed by atoms with van der Waals surface area (Å²) in [7, 11) is 0. The molecule has 0 atom stereocenters. The molecule has 0 aliphatic rings. The Morgan fingerprint density at radius 2 is 0.710 bits per heavy atom. The van der Waals surface area contributed by atoms with Crippen molar-refractivity contribution in [3.63, 3.8) is 0 Å². The van der Waals surface area contributed by atoms with Crippen LogP contribution < -0.4 is 5.32 Å². The van der Waals surface area contributed by atoms with Gasteiger partial charge in [-0.1, -0.05) is 127 Å². The maximum absolute atomic E-state index is 3.81. The molecule has 148 valence electrons. The predicted octanol–water partition coefficient (Wildman–Crippen LogP) is 8.43. The second kappa shape index (κ2) is 8.73. The lowest BCUT2D eigenvalue weighted by atomic mass is 9.95. The van der Waals surface area contributed by atoms with E-state index in [0.29, 0.717) is 0 Å². The van der Waals surface area contributed by atoms with E-state index in [9.17, 15) is 0 Å². The summed E-state index contributed by atoms with van der Waals surface area (Å²) in [5.41, 5.74) is 9.35. The van der Waals surface area contributed by atoms with Crippen molar-refractivity contribution in [1.82, 2.24) is 0 Å². The third-order valence-electron chi connectivity index (χ3n) is 5.51. The number of benzene rings is 5. The fourth-order valence-electron chi connectivity index (χ4n) is 4.00. The summed E-state index contributed by atoms with van der Waals surface area (Å²) >= 11 is 0. The number of para-hydroxylation sites is 2. The lowest BCUT2D eigenvalue weighted by molar-refractivity contribution is 1.51.